The second-order valence-corrected chi connectivity index (χ2v) is 6.30. The lowest BCUT2D eigenvalue weighted by Gasteiger charge is -2.29. The van der Waals surface area contributed by atoms with Gasteiger partial charge in [-0.2, -0.15) is 13.1 Å². The maximum absolute atomic E-state index is 10.9. The Morgan fingerprint density at radius 1 is 1.36 bits per heavy atom. The van der Waals surface area contributed by atoms with E-state index >= 15 is 0 Å². The second kappa shape index (κ2) is 5.33. The zero-order valence-corrected chi connectivity index (χ0v) is 10.1. The molecule has 0 aromatic rings. The molecule has 84 valence electrons. The van der Waals surface area contributed by atoms with Crippen LogP contribution in [0.2, 0.25) is 0 Å². The highest BCUT2D eigenvalue weighted by Gasteiger charge is 2.24. The summed E-state index contributed by atoms with van der Waals surface area (Å²) in [5.74, 6) is 0.474. The van der Waals surface area contributed by atoms with Crippen molar-refractivity contribution in [2.24, 2.45) is 5.92 Å². The molecule has 0 saturated heterocycles. The average molecular weight is 240 g/mol. The molecule has 0 amide bonds. The molecule has 1 rings (SSSR count). The van der Waals surface area contributed by atoms with E-state index in [1.54, 1.807) is 0 Å². The van der Waals surface area contributed by atoms with Gasteiger partial charge in [0.25, 0.3) is 9.24 Å². The molecule has 0 radical (unpaired) electrons. The van der Waals surface area contributed by atoms with Crippen LogP contribution in [-0.4, -0.2) is 14.5 Å². The number of halogens is 1. The summed E-state index contributed by atoms with van der Waals surface area (Å²) in [6.45, 7) is 1.99. The highest BCUT2D eigenvalue weighted by atomic mass is 35.7. The van der Waals surface area contributed by atoms with E-state index in [9.17, 15) is 8.42 Å². The lowest BCUT2D eigenvalue weighted by atomic mass is 9.83. The van der Waals surface area contributed by atoms with E-state index < -0.39 is 9.24 Å². The molecule has 1 N–H and O–H groups in total. The van der Waals surface area contributed by atoms with E-state index in [-0.39, 0.29) is 6.04 Å². The minimum absolute atomic E-state index is 0.0257. The third kappa shape index (κ3) is 4.15. The van der Waals surface area contributed by atoms with Crippen LogP contribution in [0.15, 0.2) is 0 Å². The number of hydrogen-bond acceptors (Lipinski definition) is 2. The van der Waals surface area contributed by atoms with Gasteiger partial charge in [0.2, 0.25) is 0 Å². The maximum Gasteiger partial charge on any atom is 0.297 e. The molecule has 0 aromatic carbocycles. The van der Waals surface area contributed by atoms with E-state index in [0.717, 1.165) is 19.3 Å². The monoisotopic (exact) mass is 239 g/mol. The van der Waals surface area contributed by atoms with Gasteiger partial charge in [0.1, 0.15) is 0 Å². The predicted octanol–water partition coefficient (Wildman–Crippen LogP) is 2.42. The Morgan fingerprint density at radius 2 is 1.93 bits per heavy atom. The maximum atomic E-state index is 10.9. The van der Waals surface area contributed by atoms with Gasteiger partial charge < -0.3 is 0 Å². The largest absolute Gasteiger partial charge is 0.297 e. The van der Waals surface area contributed by atoms with E-state index in [0.29, 0.717) is 5.92 Å². The first-order valence-corrected chi connectivity index (χ1v) is 7.55. The fourth-order valence-corrected chi connectivity index (χ4v) is 3.29. The van der Waals surface area contributed by atoms with Crippen molar-refractivity contribution in [3.63, 3.8) is 0 Å². The molecule has 1 fully saturated rings. The van der Waals surface area contributed by atoms with Gasteiger partial charge in [-0.05, 0) is 25.2 Å². The summed E-state index contributed by atoms with van der Waals surface area (Å²) in [6.07, 6.45) is 6.77. The molecule has 14 heavy (non-hydrogen) atoms. The molecule has 1 aliphatic rings. The van der Waals surface area contributed by atoms with Crippen molar-refractivity contribution < 1.29 is 8.42 Å². The summed E-state index contributed by atoms with van der Waals surface area (Å²) in [6, 6.07) is 0.0257. The molecule has 0 aromatic heterocycles. The van der Waals surface area contributed by atoms with Crippen LogP contribution >= 0.6 is 10.7 Å². The fraction of sp³-hybridized carbons (Fsp3) is 1.00. The third-order valence-corrected chi connectivity index (χ3v) is 3.80. The summed E-state index contributed by atoms with van der Waals surface area (Å²) in [7, 11) is 1.62. The summed E-state index contributed by atoms with van der Waals surface area (Å²) in [4.78, 5) is 0. The quantitative estimate of drug-likeness (QED) is 0.766. The summed E-state index contributed by atoms with van der Waals surface area (Å²) in [5, 5.41) is 0. The van der Waals surface area contributed by atoms with Crippen LogP contribution in [0.25, 0.3) is 0 Å². The van der Waals surface area contributed by atoms with E-state index in [4.69, 9.17) is 10.7 Å². The van der Waals surface area contributed by atoms with Crippen LogP contribution in [0.4, 0.5) is 0 Å². The zero-order valence-electron chi connectivity index (χ0n) is 8.50. The highest BCUT2D eigenvalue weighted by molar-refractivity contribution is 8.12. The molecular weight excluding hydrogens is 222 g/mol. The van der Waals surface area contributed by atoms with E-state index in [2.05, 4.69) is 4.72 Å². The Balaban J connectivity index is 2.52. The first kappa shape index (κ1) is 12.3. The van der Waals surface area contributed by atoms with Gasteiger partial charge in [-0.1, -0.05) is 26.2 Å². The van der Waals surface area contributed by atoms with Crippen molar-refractivity contribution in [3.05, 3.63) is 0 Å². The molecule has 1 unspecified atom stereocenters. The van der Waals surface area contributed by atoms with Crippen LogP contribution in [-0.2, 0) is 9.24 Å². The molecule has 0 aliphatic heterocycles. The number of rotatable bonds is 4. The van der Waals surface area contributed by atoms with Gasteiger partial charge in [-0.3, -0.25) is 0 Å². The molecule has 3 nitrogen and oxygen atoms in total. The topological polar surface area (TPSA) is 46.2 Å². The summed E-state index contributed by atoms with van der Waals surface area (Å²) >= 11 is 0. The van der Waals surface area contributed by atoms with Crippen molar-refractivity contribution in [2.75, 3.05) is 0 Å². The van der Waals surface area contributed by atoms with Gasteiger partial charge >= 0.3 is 0 Å². The molecule has 0 heterocycles. The van der Waals surface area contributed by atoms with Crippen LogP contribution in [0, 0.1) is 5.92 Å². The lowest BCUT2D eigenvalue weighted by molar-refractivity contribution is 0.286. The summed E-state index contributed by atoms with van der Waals surface area (Å²) in [5.41, 5.74) is 0. The lowest BCUT2D eigenvalue weighted by Crippen LogP contribution is -2.38. The highest BCUT2D eigenvalue weighted by Crippen LogP contribution is 2.28. The minimum Gasteiger partial charge on any atom is -0.199 e. The smallest absolute Gasteiger partial charge is 0.199 e. The van der Waals surface area contributed by atoms with Crippen molar-refractivity contribution in [2.45, 2.75) is 51.5 Å². The minimum atomic E-state index is -3.56. The number of hydrogen-bond donors (Lipinski definition) is 1. The molecule has 1 atom stereocenters. The average Bonchev–Trinajstić information content (AvgIpc) is 2.14. The van der Waals surface area contributed by atoms with Gasteiger partial charge in [-0.15, -0.1) is 0 Å². The Morgan fingerprint density at radius 3 is 2.36 bits per heavy atom. The Labute approximate surface area is 90.8 Å². The van der Waals surface area contributed by atoms with Gasteiger partial charge in [0.05, 0.1) is 0 Å². The molecular formula is C9H18ClNO2S. The van der Waals surface area contributed by atoms with Gasteiger partial charge in [-0.25, -0.2) is 0 Å². The fourth-order valence-electron chi connectivity index (χ4n) is 2.23. The van der Waals surface area contributed by atoms with Gasteiger partial charge in [0, 0.05) is 16.7 Å². The van der Waals surface area contributed by atoms with Crippen LogP contribution in [0.1, 0.15) is 45.4 Å². The Kier molecular flexibility index (Phi) is 4.67. The van der Waals surface area contributed by atoms with Crippen molar-refractivity contribution in [1.29, 1.82) is 0 Å². The Hall–Kier alpha value is 0.200. The predicted molar refractivity (Wildman–Crippen MR) is 58.6 cm³/mol. The molecule has 0 spiro atoms. The normalized spacial score (nSPS) is 22.1. The number of nitrogens with one attached hydrogen (secondary N) is 1. The summed E-state index contributed by atoms with van der Waals surface area (Å²) < 4.78 is 24.3. The first-order valence-electron chi connectivity index (χ1n) is 5.25. The van der Waals surface area contributed by atoms with Crippen LogP contribution < -0.4 is 4.72 Å². The van der Waals surface area contributed by atoms with Crippen molar-refractivity contribution in [1.82, 2.24) is 4.72 Å². The first-order chi connectivity index (χ1) is 6.53. The van der Waals surface area contributed by atoms with E-state index in [1.807, 2.05) is 6.92 Å². The second-order valence-electron chi connectivity index (χ2n) is 3.97. The van der Waals surface area contributed by atoms with Crippen molar-refractivity contribution in [3.8, 4) is 0 Å². The molecule has 1 saturated carbocycles. The van der Waals surface area contributed by atoms with Gasteiger partial charge in [0.15, 0.2) is 0 Å². The SMILES string of the molecule is CCC(NS(=O)(=O)Cl)C1CCCCC1. The third-order valence-electron chi connectivity index (χ3n) is 2.95. The van der Waals surface area contributed by atoms with Crippen molar-refractivity contribution >= 4 is 19.9 Å². The van der Waals surface area contributed by atoms with E-state index in [1.165, 1.54) is 19.3 Å². The molecule has 1 aliphatic carbocycles. The molecule has 5 heteroatoms. The zero-order chi connectivity index (χ0) is 10.6. The Bertz CT molecular complexity index is 260. The van der Waals surface area contributed by atoms with Crippen LogP contribution in [0.5, 0.6) is 0 Å². The molecule has 0 bridgehead atoms. The standard InChI is InChI=1S/C9H18ClNO2S/c1-2-9(11-14(10,12)13)8-6-4-3-5-7-8/h8-9,11H,2-7H2,1H3. The van der Waals surface area contributed by atoms with Crippen LogP contribution in [0.3, 0.4) is 0 Å².